The van der Waals surface area contributed by atoms with E-state index in [1.807, 2.05) is 17.0 Å². The Morgan fingerprint density at radius 1 is 1.21 bits per heavy atom. The van der Waals surface area contributed by atoms with Gasteiger partial charge in [-0.2, -0.15) is 0 Å². The van der Waals surface area contributed by atoms with Crippen LogP contribution in [0.3, 0.4) is 0 Å². The molecule has 1 saturated heterocycles. The van der Waals surface area contributed by atoms with Crippen LogP contribution in [0.4, 0.5) is 0 Å². The van der Waals surface area contributed by atoms with E-state index in [2.05, 4.69) is 12.1 Å². The molecule has 1 aliphatic rings. The number of aliphatic hydroxyl groups is 1. The van der Waals surface area contributed by atoms with Gasteiger partial charge in [-0.1, -0.05) is 24.3 Å². The van der Waals surface area contributed by atoms with Crippen molar-refractivity contribution in [2.75, 3.05) is 13.1 Å². The Labute approximate surface area is 166 Å². The number of nitrogens with zero attached hydrogens (tertiary/aromatic N) is 1. The molecule has 0 bridgehead atoms. The second-order valence-corrected chi connectivity index (χ2v) is 8.26. The number of piperidine rings is 1. The van der Waals surface area contributed by atoms with Crippen molar-refractivity contribution in [3.05, 3.63) is 64.2 Å². The molecular formula is C23H30N2O3. The van der Waals surface area contributed by atoms with Crippen molar-refractivity contribution < 1.29 is 15.0 Å². The number of carbonyl (C=O) groups excluding carboxylic acids is 1. The molecule has 0 unspecified atom stereocenters. The van der Waals surface area contributed by atoms with Gasteiger partial charge >= 0.3 is 0 Å². The Bertz CT molecular complexity index is 863. The number of rotatable bonds is 4. The van der Waals surface area contributed by atoms with Gasteiger partial charge in [0.05, 0.1) is 5.60 Å². The highest BCUT2D eigenvalue weighted by Gasteiger charge is 2.28. The van der Waals surface area contributed by atoms with Crippen molar-refractivity contribution in [3.63, 3.8) is 0 Å². The first-order chi connectivity index (χ1) is 13.2. The number of aromatic hydroxyl groups is 1. The summed E-state index contributed by atoms with van der Waals surface area (Å²) in [7, 11) is 0. The maximum Gasteiger partial charge on any atom is 0.253 e. The molecule has 0 atom stereocenters. The molecule has 1 aliphatic heterocycles. The van der Waals surface area contributed by atoms with Crippen molar-refractivity contribution >= 4 is 5.91 Å². The summed E-state index contributed by atoms with van der Waals surface area (Å²) in [6, 6.07) is 11.7. The molecule has 3 rings (SSSR count). The minimum Gasteiger partial charge on any atom is -0.507 e. The Hall–Kier alpha value is -2.37. The average Bonchev–Trinajstić information content (AvgIpc) is 2.68. The molecule has 5 nitrogen and oxygen atoms in total. The molecule has 0 saturated carbocycles. The molecule has 0 aromatic heterocycles. The van der Waals surface area contributed by atoms with E-state index >= 15 is 0 Å². The predicted molar refractivity (Wildman–Crippen MR) is 110 cm³/mol. The molecule has 0 aliphatic carbocycles. The fraction of sp³-hybridized carbons (Fsp3) is 0.435. The fourth-order valence-corrected chi connectivity index (χ4v) is 3.94. The summed E-state index contributed by atoms with van der Waals surface area (Å²) in [6.45, 7) is 6.88. The highest BCUT2D eigenvalue weighted by molar-refractivity contribution is 5.95. The number of hydrogen-bond acceptors (Lipinski definition) is 4. The number of phenolic OH excluding ortho intramolecular Hbond substituents is 1. The zero-order valence-corrected chi connectivity index (χ0v) is 16.9. The smallest absolute Gasteiger partial charge is 0.253 e. The van der Waals surface area contributed by atoms with E-state index in [-0.39, 0.29) is 11.7 Å². The molecular weight excluding hydrogens is 352 g/mol. The highest BCUT2D eigenvalue weighted by atomic mass is 16.3. The second-order valence-electron chi connectivity index (χ2n) is 8.26. The van der Waals surface area contributed by atoms with Crippen LogP contribution in [-0.4, -0.2) is 34.1 Å². The Kier molecular flexibility index (Phi) is 5.77. The lowest BCUT2D eigenvalue weighted by atomic mass is 9.88. The van der Waals surface area contributed by atoms with Crippen LogP contribution in [0.2, 0.25) is 0 Å². The van der Waals surface area contributed by atoms with Crippen molar-refractivity contribution in [2.45, 2.75) is 51.7 Å². The summed E-state index contributed by atoms with van der Waals surface area (Å²) in [5.41, 5.74) is 8.44. The number of likely N-dealkylation sites (tertiary alicyclic amines) is 1. The number of nitrogens with two attached hydrogens (primary N) is 1. The van der Waals surface area contributed by atoms with Crippen molar-refractivity contribution in [1.29, 1.82) is 0 Å². The molecule has 0 radical (unpaired) electrons. The van der Waals surface area contributed by atoms with Crippen LogP contribution in [0.5, 0.6) is 5.75 Å². The first-order valence-corrected chi connectivity index (χ1v) is 9.85. The molecule has 1 heterocycles. The topological polar surface area (TPSA) is 86.8 Å². The number of carbonyl (C=O) groups is 1. The van der Waals surface area contributed by atoms with Crippen LogP contribution in [0.25, 0.3) is 0 Å². The number of benzene rings is 2. The van der Waals surface area contributed by atoms with Crippen molar-refractivity contribution in [3.8, 4) is 5.75 Å². The summed E-state index contributed by atoms with van der Waals surface area (Å²) in [5.74, 6) is 0.425. The molecule has 150 valence electrons. The molecule has 4 N–H and O–H groups in total. The molecule has 5 heteroatoms. The number of amides is 1. The number of phenols is 1. The van der Waals surface area contributed by atoms with Gasteiger partial charge in [0, 0.05) is 30.8 Å². The van der Waals surface area contributed by atoms with Gasteiger partial charge in [0.25, 0.3) is 5.91 Å². The van der Waals surface area contributed by atoms with Gasteiger partial charge in [0.15, 0.2) is 0 Å². The predicted octanol–water partition coefficient (Wildman–Crippen LogP) is 3.41. The van der Waals surface area contributed by atoms with E-state index in [0.29, 0.717) is 42.2 Å². The van der Waals surface area contributed by atoms with Gasteiger partial charge < -0.3 is 20.8 Å². The van der Waals surface area contributed by atoms with Crippen molar-refractivity contribution in [2.24, 2.45) is 5.73 Å². The first-order valence-electron chi connectivity index (χ1n) is 9.85. The lowest BCUT2D eigenvalue weighted by molar-refractivity contribution is 0.0705. The zero-order chi connectivity index (χ0) is 20.5. The van der Waals surface area contributed by atoms with E-state index in [1.165, 1.54) is 5.56 Å². The Morgan fingerprint density at radius 2 is 1.89 bits per heavy atom. The van der Waals surface area contributed by atoms with Crippen LogP contribution in [0, 0.1) is 6.92 Å². The highest BCUT2D eigenvalue weighted by Crippen LogP contribution is 2.34. The zero-order valence-electron chi connectivity index (χ0n) is 16.9. The summed E-state index contributed by atoms with van der Waals surface area (Å²) < 4.78 is 0. The molecule has 0 spiro atoms. The lowest BCUT2D eigenvalue weighted by Crippen LogP contribution is -2.38. The second kappa shape index (κ2) is 7.94. The summed E-state index contributed by atoms with van der Waals surface area (Å²) in [4.78, 5) is 14.9. The Morgan fingerprint density at radius 3 is 2.50 bits per heavy atom. The third-order valence-corrected chi connectivity index (χ3v) is 5.65. The van der Waals surface area contributed by atoms with E-state index in [1.54, 1.807) is 32.9 Å². The minimum absolute atomic E-state index is 0.0440. The first kappa shape index (κ1) is 20.4. The molecule has 2 aromatic carbocycles. The summed E-state index contributed by atoms with van der Waals surface area (Å²) in [5, 5.41) is 20.6. The average molecular weight is 383 g/mol. The SMILES string of the molecule is Cc1cc(C(=O)N2CCC(c3cccc(CN)c3)CC2)cc(C(C)(C)O)c1O. The molecule has 1 fully saturated rings. The quantitative estimate of drug-likeness (QED) is 0.756. The molecule has 1 amide bonds. The van der Waals surface area contributed by atoms with Crippen LogP contribution in [-0.2, 0) is 12.1 Å². The van der Waals surface area contributed by atoms with Gasteiger partial charge in [0.1, 0.15) is 5.75 Å². The standard InChI is InChI=1S/C23H30N2O3/c1-15-11-19(13-20(21(15)26)23(2,3)28)22(27)25-9-7-17(8-10-25)18-6-4-5-16(12-18)14-24/h4-6,11-13,17,26,28H,7-10,14,24H2,1-3H3. The van der Waals surface area contributed by atoms with E-state index in [4.69, 9.17) is 5.73 Å². The third-order valence-electron chi connectivity index (χ3n) is 5.65. The van der Waals surface area contributed by atoms with Gasteiger partial charge in [-0.3, -0.25) is 4.79 Å². The summed E-state index contributed by atoms with van der Waals surface area (Å²) >= 11 is 0. The maximum atomic E-state index is 13.0. The normalized spacial score (nSPS) is 15.7. The fourth-order valence-electron chi connectivity index (χ4n) is 3.94. The lowest BCUT2D eigenvalue weighted by Gasteiger charge is -2.33. The van der Waals surface area contributed by atoms with Gasteiger partial charge in [-0.15, -0.1) is 0 Å². The van der Waals surface area contributed by atoms with Crippen LogP contribution >= 0.6 is 0 Å². The minimum atomic E-state index is -1.22. The monoisotopic (exact) mass is 382 g/mol. The molecule has 28 heavy (non-hydrogen) atoms. The number of hydrogen-bond donors (Lipinski definition) is 3. The van der Waals surface area contributed by atoms with E-state index in [0.717, 1.165) is 18.4 Å². The Balaban J connectivity index is 1.74. The maximum absolute atomic E-state index is 13.0. The van der Waals surface area contributed by atoms with Crippen molar-refractivity contribution in [1.82, 2.24) is 4.90 Å². The van der Waals surface area contributed by atoms with Crippen LogP contribution in [0.1, 0.15) is 65.2 Å². The molecule has 2 aromatic rings. The van der Waals surface area contributed by atoms with Crippen LogP contribution in [0.15, 0.2) is 36.4 Å². The van der Waals surface area contributed by atoms with Crippen LogP contribution < -0.4 is 5.73 Å². The largest absolute Gasteiger partial charge is 0.507 e. The van der Waals surface area contributed by atoms with Gasteiger partial charge in [-0.05, 0) is 68.4 Å². The van der Waals surface area contributed by atoms with Gasteiger partial charge in [-0.25, -0.2) is 0 Å². The van der Waals surface area contributed by atoms with E-state index in [9.17, 15) is 15.0 Å². The third kappa shape index (κ3) is 4.21. The van der Waals surface area contributed by atoms with E-state index < -0.39 is 5.60 Å². The summed E-state index contributed by atoms with van der Waals surface area (Å²) in [6.07, 6.45) is 1.82. The number of aryl methyl sites for hydroxylation is 1. The van der Waals surface area contributed by atoms with Gasteiger partial charge in [0.2, 0.25) is 0 Å².